The van der Waals surface area contributed by atoms with E-state index in [0.717, 1.165) is 24.1 Å². The van der Waals surface area contributed by atoms with Crippen molar-refractivity contribution >= 4 is 11.6 Å². The van der Waals surface area contributed by atoms with Crippen LogP contribution in [0.2, 0.25) is 0 Å². The molecule has 0 unspecified atom stereocenters. The van der Waals surface area contributed by atoms with Crippen LogP contribution < -0.4 is 5.32 Å². The standard InChI is InChI=1S/C14H15NO/c1-11-7-9-13(10-8-11)15-14(16)12-5-3-2-4-6-12/h2-3,5,7-10H,4,6H2,1H3,(H,15,16). The third-order valence-electron chi connectivity index (χ3n) is 2.61. The summed E-state index contributed by atoms with van der Waals surface area (Å²) in [4.78, 5) is 11.8. The van der Waals surface area contributed by atoms with Crippen LogP contribution >= 0.6 is 0 Å². The van der Waals surface area contributed by atoms with Gasteiger partial charge in [-0.05, 0) is 31.9 Å². The Balaban J connectivity index is 2.04. The molecule has 0 heterocycles. The predicted molar refractivity (Wildman–Crippen MR) is 66.3 cm³/mol. The van der Waals surface area contributed by atoms with Gasteiger partial charge in [0.15, 0.2) is 0 Å². The van der Waals surface area contributed by atoms with Crippen molar-refractivity contribution in [3.8, 4) is 0 Å². The van der Waals surface area contributed by atoms with Gasteiger partial charge in [0.2, 0.25) is 0 Å². The van der Waals surface area contributed by atoms with Crippen LogP contribution in [0.15, 0.2) is 48.1 Å². The highest BCUT2D eigenvalue weighted by atomic mass is 16.1. The second-order valence-electron chi connectivity index (χ2n) is 3.98. The van der Waals surface area contributed by atoms with Crippen molar-refractivity contribution < 1.29 is 4.79 Å². The average Bonchev–Trinajstić information content (AvgIpc) is 2.33. The first-order valence-electron chi connectivity index (χ1n) is 5.49. The van der Waals surface area contributed by atoms with E-state index in [1.54, 1.807) is 0 Å². The third-order valence-corrected chi connectivity index (χ3v) is 2.61. The van der Waals surface area contributed by atoms with Crippen LogP contribution in [0, 0.1) is 6.92 Å². The monoisotopic (exact) mass is 213 g/mol. The molecule has 1 aromatic carbocycles. The van der Waals surface area contributed by atoms with E-state index in [0.29, 0.717) is 0 Å². The highest BCUT2D eigenvalue weighted by Crippen LogP contribution is 2.15. The molecule has 16 heavy (non-hydrogen) atoms. The number of carbonyl (C=O) groups excluding carboxylic acids is 1. The molecule has 0 bridgehead atoms. The molecule has 0 saturated heterocycles. The summed E-state index contributed by atoms with van der Waals surface area (Å²) in [5.74, 6) is 0.00760. The number of nitrogens with one attached hydrogen (secondary N) is 1. The molecule has 0 atom stereocenters. The van der Waals surface area contributed by atoms with Gasteiger partial charge in [-0.1, -0.05) is 35.9 Å². The van der Waals surface area contributed by atoms with Gasteiger partial charge >= 0.3 is 0 Å². The van der Waals surface area contributed by atoms with Crippen molar-refractivity contribution in [2.45, 2.75) is 19.8 Å². The molecule has 1 N–H and O–H groups in total. The molecule has 2 heteroatoms. The Hall–Kier alpha value is -1.83. The molecule has 0 aromatic heterocycles. The second-order valence-corrected chi connectivity index (χ2v) is 3.98. The number of hydrogen-bond acceptors (Lipinski definition) is 1. The summed E-state index contributed by atoms with van der Waals surface area (Å²) in [6, 6.07) is 7.83. The van der Waals surface area contributed by atoms with Crippen LogP contribution in [-0.2, 0) is 4.79 Å². The summed E-state index contributed by atoms with van der Waals surface area (Å²) in [5.41, 5.74) is 2.90. The molecule has 0 fully saturated rings. The smallest absolute Gasteiger partial charge is 0.251 e. The van der Waals surface area contributed by atoms with Gasteiger partial charge in [-0.25, -0.2) is 0 Å². The molecule has 2 nitrogen and oxygen atoms in total. The van der Waals surface area contributed by atoms with Gasteiger partial charge in [-0.2, -0.15) is 0 Å². The van der Waals surface area contributed by atoms with E-state index >= 15 is 0 Å². The van der Waals surface area contributed by atoms with E-state index in [1.165, 1.54) is 5.56 Å². The third kappa shape index (κ3) is 2.60. The Bertz CT molecular complexity index is 440. The number of carbonyl (C=O) groups is 1. The molecule has 2 rings (SSSR count). The molecular formula is C14H15NO. The largest absolute Gasteiger partial charge is 0.322 e. The summed E-state index contributed by atoms with van der Waals surface area (Å²) in [6.45, 7) is 2.03. The lowest BCUT2D eigenvalue weighted by Crippen LogP contribution is -2.14. The quantitative estimate of drug-likeness (QED) is 0.803. The fourth-order valence-electron chi connectivity index (χ4n) is 1.64. The van der Waals surface area contributed by atoms with Crippen LogP contribution in [0.3, 0.4) is 0 Å². The predicted octanol–water partition coefficient (Wildman–Crippen LogP) is 3.21. The molecule has 0 saturated carbocycles. The van der Waals surface area contributed by atoms with Gasteiger partial charge in [-0.3, -0.25) is 4.79 Å². The number of anilines is 1. The summed E-state index contributed by atoms with van der Waals surface area (Å²) >= 11 is 0. The summed E-state index contributed by atoms with van der Waals surface area (Å²) in [6.07, 6.45) is 7.67. The van der Waals surface area contributed by atoms with E-state index < -0.39 is 0 Å². The van der Waals surface area contributed by atoms with E-state index in [2.05, 4.69) is 11.4 Å². The summed E-state index contributed by atoms with van der Waals surface area (Å²) in [5, 5.41) is 2.90. The first kappa shape index (κ1) is 10.7. The Morgan fingerprint density at radius 1 is 1.25 bits per heavy atom. The summed E-state index contributed by atoms with van der Waals surface area (Å²) < 4.78 is 0. The van der Waals surface area contributed by atoms with Crippen molar-refractivity contribution in [3.63, 3.8) is 0 Å². The topological polar surface area (TPSA) is 29.1 Å². The highest BCUT2D eigenvalue weighted by molar-refractivity contribution is 6.04. The van der Waals surface area contributed by atoms with Crippen LogP contribution in [-0.4, -0.2) is 5.91 Å². The maximum Gasteiger partial charge on any atom is 0.251 e. The number of rotatable bonds is 2. The minimum atomic E-state index is 0.00760. The van der Waals surface area contributed by atoms with Crippen molar-refractivity contribution in [2.75, 3.05) is 5.32 Å². The summed E-state index contributed by atoms with van der Waals surface area (Å²) in [7, 11) is 0. The fourth-order valence-corrected chi connectivity index (χ4v) is 1.64. The molecule has 1 aliphatic carbocycles. The van der Waals surface area contributed by atoms with Crippen LogP contribution in [0.25, 0.3) is 0 Å². The Labute approximate surface area is 95.7 Å². The molecular weight excluding hydrogens is 198 g/mol. The molecule has 1 amide bonds. The van der Waals surface area contributed by atoms with Gasteiger partial charge in [-0.15, -0.1) is 0 Å². The molecule has 82 valence electrons. The first-order valence-corrected chi connectivity index (χ1v) is 5.49. The lowest BCUT2D eigenvalue weighted by Gasteiger charge is -2.09. The van der Waals surface area contributed by atoms with Crippen molar-refractivity contribution in [1.82, 2.24) is 0 Å². The van der Waals surface area contributed by atoms with Gasteiger partial charge in [0.05, 0.1) is 0 Å². The average molecular weight is 213 g/mol. The van der Waals surface area contributed by atoms with Crippen molar-refractivity contribution in [1.29, 1.82) is 0 Å². The van der Waals surface area contributed by atoms with Crippen molar-refractivity contribution in [2.24, 2.45) is 0 Å². The molecule has 0 aliphatic heterocycles. The Kier molecular flexibility index (Phi) is 3.20. The van der Waals surface area contributed by atoms with E-state index in [4.69, 9.17) is 0 Å². The van der Waals surface area contributed by atoms with Crippen LogP contribution in [0.1, 0.15) is 18.4 Å². The van der Waals surface area contributed by atoms with E-state index in [9.17, 15) is 4.79 Å². The number of amides is 1. The maximum atomic E-state index is 11.8. The first-order chi connectivity index (χ1) is 7.75. The lowest BCUT2D eigenvalue weighted by molar-refractivity contribution is -0.113. The van der Waals surface area contributed by atoms with Gasteiger partial charge in [0.1, 0.15) is 0 Å². The van der Waals surface area contributed by atoms with E-state index in [-0.39, 0.29) is 5.91 Å². The minimum absolute atomic E-state index is 0.00760. The van der Waals surface area contributed by atoms with E-state index in [1.807, 2.05) is 43.3 Å². The molecule has 0 spiro atoms. The normalized spacial score (nSPS) is 14.4. The Morgan fingerprint density at radius 2 is 2.00 bits per heavy atom. The molecule has 1 aromatic rings. The number of allylic oxidation sites excluding steroid dienone is 3. The SMILES string of the molecule is Cc1ccc(NC(=O)C2=CC=CCC2)cc1. The number of benzene rings is 1. The van der Waals surface area contributed by atoms with Gasteiger partial charge < -0.3 is 5.32 Å². The number of hydrogen-bond donors (Lipinski definition) is 1. The Morgan fingerprint density at radius 3 is 2.62 bits per heavy atom. The maximum absolute atomic E-state index is 11.8. The fraction of sp³-hybridized carbons (Fsp3) is 0.214. The van der Waals surface area contributed by atoms with Gasteiger partial charge in [0.25, 0.3) is 5.91 Å². The zero-order valence-electron chi connectivity index (χ0n) is 9.36. The highest BCUT2D eigenvalue weighted by Gasteiger charge is 2.09. The minimum Gasteiger partial charge on any atom is -0.322 e. The van der Waals surface area contributed by atoms with Crippen LogP contribution in [0.5, 0.6) is 0 Å². The zero-order valence-corrected chi connectivity index (χ0v) is 9.36. The van der Waals surface area contributed by atoms with Gasteiger partial charge in [0, 0.05) is 11.3 Å². The second kappa shape index (κ2) is 4.79. The molecule has 1 aliphatic rings. The zero-order chi connectivity index (χ0) is 11.4. The number of aryl methyl sites for hydroxylation is 1. The van der Waals surface area contributed by atoms with Crippen molar-refractivity contribution in [3.05, 3.63) is 53.6 Å². The van der Waals surface area contributed by atoms with Crippen LogP contribution in [0.4, 0.5) is 5.69 Å². The molecule has 0 radical (unpaired) electrons. The lowest BCUT2D eigenvalue weighted by atomic mass is 10.0.